The Morgan fingerprint density at radius 1 is 1.16 bits per heavy atom. The maximum Gasteiger partial charge on any atom is 0.0509 e. The normalized spacial score (nSPS) is 28.7. The molecule has 2 heteroatoms. The average Bonchev–Trinajstić information content (AvgIpc) is 2.49. The van der Waals surface area contributed by atoms with Crippen molar-refractivity contribution in [3.8, 4) is 0 Å². The number of ether oxygens (including phenoxy) is 1. The largest absolute Gasteiger partial charge is 0.381 e. The van der Waals surface area contributed by atoms with Gasteiger partial charge in [-0.1, -0.05) is 24.3 Å². The van der Waals surface area contributed by atoms with Gasteiger partial charge in [0.25, 0.3) is 0 Å². The van der Waals surface area contributed by atoms with Gasteiger partial charge in [0.05, 0.1) is 6.61 Å². The lowest BCUT2D eigenvalue weighted by atomic mass is 9.75. The van der Waals surface area contributed by atoms with Gasteiger partial charge in [0.1, 0.15) is 0 Å². The molecule has 0 bridgehead atoms. The summed E-state index contributed by atoms with van der Waals surface area (Å²) in [4.78, 5) is 0. The lowest BCUT2D eigenvalue weighted by molar-refractivity contribution is 0.0286. The second-order valence-corrected chi connectivity index (χ2v) is 6.06. The third kappa shape index (κ3) is 2.85. The molecule has 1 aliphatic heterocycles. The Hall–Kier alpha value is -0.860. The molecule has 0 amide bonds. The Bertz CT molecular complexity index is 411. The van der Waals surface area contributed by atoms with Crippen LogP contribution in [0.1, 0.15) is 30.4 Å². The van der Waals surface area contributed by atoms with Crippen LogP contribution in [0.4, 0.5) is 0 Å². The molecule has 3 atom stereocenters. The molecule has 1 fully saturated rings. The molecule has 3 rings (SSSR count). The third-order valence-corrected chi connectivity index (χ3v) is 4.93. The zero-order valence-electron chi connectivity index (χ0n) is 11.9. The zero-order chi connectivity index (χ0) is 13.1. The highest BCUT2D eigenvalue weighted by Gasteiger charge is 2.31. The molecule has 1 aliphatic carbocycles. The number of hydrogen-bond donors (Lipinski definition) is 1. The molecule has 0 radical (unpaired) electrons. The number of aryl methyl sites for hydroxylation is 1. The van der Waals surface area contributed by atoms with Gasteiger partial charge in [-0.3, -0.25) is 0 Å². The van der Waals surface area contributed by atoms with Gasteiger partial charge in [-0.05, 0) is 62.1 Å². The molecule has 1 heterocycles. The fourth-order valence-corrected chi connectivity index (χ4v) is 3.94. The highest BCUT2D eigenvalue weighted by Crippen LogP contribution is 2.32. The Morgan fingerprint density at radius 2 is 2.00 bits per heavy atom. The van der Waals surface area contributed by atoms with Crippen molar-refractivity contribution in [1.29, 1.82) is 0 Å². The summed E-state index contributed by atoms with van der Waals surface area (Å²) < 4.78 is 5.69. The summed E-state index contributed by atoms with van der Waals surface area (Å²) in [5, 5.41) is 3.59. The van der Waals surface area contributed by atoms with Gasteiger partial charge in [-0.25, -0.2) is 0 Å². The molecule has 0 saturated carbocycles. The van der Waals surface area contributed by atoms with Crippen LogP contribution < -0.4 is 5.32 Å². The van der Waals surface area contributed by atoms with Gasteiger partial charge in [-0.15, -0.1) is 0 Å². The molecule has 0 aromatic heterocycles. The second-order valence-electron chi connectivity index (χ2n) is 6.06. The molecule has 1 aromatic carbocycles. The Balaban J connectivity index is 1.71. The first-order valence-corrected chi connectivity index (χ1v) is 7.70. The first-order valence-electron chi connectivity index (χ1n) is 7.70. The zero-order valence-corrected chi connectivity index (χ0v) is 11.9. The van der Waals surface area contributed by atoms with Crippen molar-refractivity contribution in [3.05, 3.63) is 35.4 Å². The minimum Gasteiger partial charge on any atom is -0.381 e. The molecule has 19 heavy (non-hydrogen) atoms. The number of rotatable bonds is 3. The van der Waals surface area contributed by atoms with E-state index in [1.165, 1.54) is 32.1 Å². The SMILES string of the molecule is CNC(C1CCCOC1)C1CCc2ccccc2C1. The molecule has 2 nitrogen and oxygen atoms in total. The Morgan fingerprint density at radius 3 is 2.74 bits per heavy atom. The smallest absolute Gasteiger partial charge is 0.0509 e. The standard InChI is InChI=1S/C17H25NO/c1-18-17(16-7-4-10-19-12-16)15-9-8-13-5-2-3-6-14(13)11-15/h2-3,5-6,15-18H,4,7-12H2,1H3. The summed E-state index contributed by atoms with van der Waals surface area (Å²) >= 11 is 0. The van der Waals surface area contributed by atoms with Crippen LogP contribution in [0.5, 0.6) is 0 Å². The minimum absolute atomic E-state index is 0.619. The first-order chi connectivity index (χ1) is 9.38. The molecule has 1 N–H and O–H groups in total. The quantitative estimate of drug-likeness (QED) is 0.901. The van der Waals surface area contributed by atoms with Gasteiger partial charge >= 0.3 is 0 Å². The monoisotopic (exact) mass is 259 g/mol. The van der Waals surface area contributed by atoms with E-state index in [-0.39, 0.29) is 0 Å². The number of benzene rings is 1. The molecular formula is C17H25NO. The van der Waals surface area contributed by atoms with E-state index >= 15 is 0 Å². The second kappa shape index (κ2) is 6.06. The van der Waals surface area contributed by atoms with Gasteiger partial charge < -0.3 is 10.1 Å². The predicted molar refractivity (Wildman–Crippen MR) is 78.3 cm³/mol. The van der Waals surface area contributed by atoms with Gasteiger partial charge in [-0.2, -0.15) is 0 Å². The van der Waals surface area contributed by atoms with Crippen LogP contribution in [-0.4, -0.2) is 26.3 Å². The van der Waals surface area contributed by atoms with Gasteiger partial charge in [0, 0.05) is 12.6 Å². The van der Waals surface area contributed by atoms with E-state index in [1.54, 1.807) is 11.1 Å². The van der Waals surface area contributed by atoms with Gasteiger partial charge in [0.2, 0.25) is 0 Å². The van der Waals surface area contributed by atoms with Crippen molar-refractivity contribution in [2.75, 3.05) is 20.3 Å². The lowest BCUT2D eigenvalue weighted by Gasteiger charge is -2.38. The summed E-state index contributed by atoms with van der Waals surface area (Å²) in [7, 11) is 2.12. The van der Waals surface area contributed by atoms with Crippen molar-refractivity contribution in [2.45, 2.75) is 38.1 Å². The minimum atomic E-state index is 0.619. The topological polar surface area (TPSA) is 21.3 Å². The summed E-state index contributed by atoms with van der Waals surface area (Å²) in [6, 6.07) is 9.58. The van der Waals surface area contributed by atoms with E-state index in [9.17, 15) is 0 Å². The van der Waals surface area contributed by atoms with E-state index < -0.39 is 0 Å². The van der Waals surface area contributed by atoms with Crippen molar-refractivity contribution < 1.29 is 4.74 Å². The maximum absolute atomic E-state index is 5.69. The first kappa shape index (κ1) is 13.1. The molecule has 1 aromatic rings. The Labute approximate surface area is 116 Å². The van der Waals surface area contributed by atoms with E-state index in [1.807, 2.05) is 0 Å². The molecule has 2 aliphatic rings. The van der Waals surface area contributed by atoms with Crippen LogP contribution in [0.25, 0.3) is 0 Å². The van der Waals surface area contributed by atoms with E-state index in [0.29, 0.717) is 12.0 Å². The molecule has 1 saturated heterocycles. The summed E-state index contributed by atoms with van der Waals surface area (Å²) in [6.45, 7) is 1.91. The van der Waals surface area contributed by atoms with Crippen molar-refractivity contribution in [3.63, 3.8) is 0 Å². The van der Waals surface area contributed by atoms with Gasteiger partial charge in [0.15, 0.2) is 0 Å². The Kier molecular flexibility index (Phi) is 4.19. The summed E-state index contributed by atoms with van der Waals surface area (Å²) in [5.74, 6) is 1.47. The van der Waals surface area contributed by atoms with Crippen molar-refractivity contribution in [1.82, 2.24) is 5.32 Å². The van der Waals surface area contributed by atoms with E-state index in [4.69, 9.17) is 4.74 Å². The lowest BCUT2D eigenvalue weighted by Crippen LogP contribution is -2.45. The van der Waals surface area contributed by atoms with Crippen LogP contribution >= 0.6 is 0 Å². The molecule has 3 unspecified atom stereocenters. The highest BCUT2D eigenvalue weighted by molar-refractivity contribution is 5.30. The number of nitrogens with one attached hydrogen (secondary N) is 1. The van der Waals surface area contributed by atoms with Crippen LogP contribution in [0, 0.1) is 11.8 Å². The van der Waals surface area contributed by atoms with Crippen LogP contribution in [0.2, 0.25) is 0 Å². The molecule has 0 spiro atoms. The van der Waals surface area contributed by atoms with Crippen LogP contribution in [0.3, 0.4) is 0 Å². The predicted octanol–water partition coefficient (Wildman–Crippen LogP) is 2.81. The van der Waals surface area contributed by atoms with E-state index in [0.717, 1.165) is 19.1 Å². The van der Waals surface area contributed by atoms with Crippen LogP contribution in [-0.2, 0) is 17.6 Å². The van der Waals surface area contributed by atoms with Crippen LogP contribution in [0.15, 0.2) is 24.3 Å². The van der Waals surface area contributed by atoms with E-state index in [2.05, 4.69) is 36.6 Å². The van der Waals surface area contributed by atoms with Crippen molar-refractivity contribution in [2.24, 2.45) is 11.8 Å². The third-order valence-electron chi connectivity index (χ3n) is 4.93. The van der Waals surface area contributed by atoms with Crippen molar-refractivity contribution >= 4 is 0 Å². The highest BCUT2D eigenvalue weighted by atomic mass is 16.5. The summed E-state index contributed by atoms with van der Waals surface area (Å²) in [6.07, 6.45) is 6.35. The fraction of sp³-hybridized carbons (Fsp3) is 0.647. The molecule has 104 valence electrons. The summed E-state index contributed by atoms with van der Waals surface area (Å²) in [5.41, 5.74) is 3.13. The average molecular weight is 259 g/mol. The number of fused-ring (bicyclic) bond motifs is 1. The maximum atomic E-state index is 5.69. The fourth-order valence-electron chi connectivity index (χ4n) is 3.94. The number of hydrogen-bond acceptors (Lipinski definition) is 2. The molecular weight excluding hydrogens is 234 g/mol.